The number of imidazole rings is 1. The fourth-order valence-electron chi connectivity index (χ4n) is 4.08. The molecule has 5 nitrogen and oxygen atoms in total. The van der Waals surface area contributed by atoms with Gasteiger partial charge in [0, 0.05) is 12.1 Å². The van der Waals surface area contributed by atoms with Gasteiger partial charge in [-0.05, 0) is 75.6 Å². The number of carbonyl (C=O) groups excluding carboxylic acids is 1. The fourth-order valence-corrected chi connectivity index (χ4v) is 4.08. The Morgan fingerprint density at radius 2 is 1.82 bits per heavy atom. The number of rotatable bonds is 8. The van der Waals surface area contributed by atoms with Crippen LogP contribution in [0.2, 0.25) is 0 Å². The van der Waals surface area contributed by atoms with Crippen LogP contribution in [-0.4, -0.2) is 22.1 Å². The summed E-state index contributed by atoms with van der Waals surface area (Å²) in [5.74, 6) is 1.69. The van der Waals surface area contributed by atoms with Crippen LogP contribution in [0.15, 0.2) is 66.7 Å². The van der Waals surface area contributed by atoms with Crippen molar-refractivity contribution < 1.29 is 9.53 Å². The Morgan fingerprint density at radius 1 is 1.03 bits per heavy atom. The molecule has 1 N–H and O–H groups in total. The predicted molar refractivity (Wildman–Crippen MR) is 133 cm³/mol. The molecule has 170 valence electrons. The van der Waals surface area contributed by atoms with Gasteiger partial charge in [0.25, 0.3) is 5.91 Å². The molecule has 4 rings (SSSR count). The molecule has 1 amide bonds. The maximum absolute atomic E-state index is 12.8. The number of benzene rings is 3. The second kappa shape index (κ2) is 9.90. The van der Waals surface area contributed by atoms with Crippen molar-refractivity contribution >= 4 is 16.9 Å². The monoisotopic (exact) mass is 441 g/mol. The standard InChI is InChI=1S/C28H31N3O2/c1-19-10-7-12-23(18-19)28(32)29-22(4)27-30-24-13-5-6-14-25(24)31(27)16-9-17-33-26-15-8-11-20(2)21(26)3/h5-8,10-15,18,22H,9,16-17H2,1-4H3,(H,29,32). The summed E-state index contributed by atoms with van der Waals surface area (Å²) in [5.41, 5.74) is 6.13. The van der Waals surface area contributed by atoms with Crippen LogP contribution < -0.4 is 10.1 Å². The molecule has 5 heteroatoms. The summed E-state index contributed by atoms with van der Waals surface area (Å²) in [6, 6.07) is 21.6. The Balaban J connectivity index is 1.49. The van der Waals surface area contributed by atoms with E-state index in [2.05, 4.69) is 35.9 Å². The van der Waals surface area contributed by atoms with Gasteiger partial charge < -0.3 is 14.6 Å². The van der Waals surface area contributed by atoms with Gasteiger partial charge in [0.2, 0.25) is 0 Å². The van der Waals surface area contributed by atoms with Crippen molar-refractivity contribution in [1.29, 1.82) is 0 Å². The van der Waals surface area contributed by atoms with E-state index >= 15 is 0 Å². The summed E-state index contributed by atoms with van der Waals surface area (Å²) in [5, 5.41) is 3.12. The van der Waals surface area contributed by atoms with Crippen LogP contribution in [-0.2, 0) is 6.54 Å². The van der Waals surface area contributed by atoms with Crippen LogP contribution >= 0.6 is 0 Å². The summed E-state index contributed by atoms with van der Waals surface area (Å²) in [6.45, 7) is 9.52. The summed E-state index contributed by atoms with van der Waals surface area (Å²) in [7, 11) is 0. The first-order valence-corrected chi connectivity index (χ1v) is 11.5. The van der Waals surface area contributed by atoms with Gasteiger partial charge in [0.1, 0.15) is 11.6 Å². The quantitative estimate of drug-likeness (QED) is 0.345. The molecular formula is C28H31N3O2. The van der Waals surface area contributed by atoms with Crippen LogP contribution in [0.5, 0.6) is 5.75 Å². The summed E-state index contributed by atoms with van der Waals surface area (Å²) < 4.78 is 8.26. The van der Waals surface area contributed by atoms with Gasteiger partial charge in [-0.1, -0.05) is 42.0 Å². The third kappa shape index (κ3) is 5.08. The number of aryl methyl sites for hydroxylation is 3. The summed E-state index contributed by atoms with van der Waals surface area (Å²) in [4.78, 5) is 17.7. The number of nitrogens with zero attached hydrogens (tertiary/aromatic N) is 2. The lowest BCUT2D eigenvalue weighted by atomic mass is 10.1. The first-order valence-electron chi connectivity index (χ1n) is 11.5. The number of nitrogens with one attached hydrogen (secondary N) is 1. The molecule has 1 unspecified atom stereocenters. The van der Waals surface area contributed by atoms with Gasteiger partial charge >= 0.3 is 0 Å². The van der Waals surface area contributed by atoms with E-state index in [0.717, 1.165) is 41.1 Å². The molecule has 0 aliphatic heterocycles. The van der Waals surface area contributed by atoms with Gasteiger partial charge in [-0.15, -0.1) is 0 Å². The van der Waals surface area contributed by atoms with Crippen molar-refractivity contribution in [3.8, 4) is 5.75 Å². The Labute approximate surface area is 195 Å². The third-order valence-electron chi connectivity index (χ3n) is 6.04. The van der Waals surface area contributed by atoms with Crippen LogP contribution in [0, 0.1) is 20.8 Å². The highest BCUT2D eigenvalue weighted by atomic mass is 16.5. The molecule has 0 radical (unpaired) electrons. The molecule has 0 saturated carbocycles. The van der Waals surface area contributed by atoms with Crippen molar-refractivity contribution in [2.24, 2.45) is 0 Å². The minimum absolute atomic E-state index is 0.0944. The van der Waals surface area contributed by atoms with Crippen LogP contribution in [0.25, 0.3) is 11.0 Å². The van der Waals surface area contributed by atoms with E-state index in [9.17, 15) is 4.79 Å². The van der Waals surface area contributed by atoms with Gasteiger partial charge in [-0.25, -0.2) is 4.98 Å². The minimum atomic E-state index is -0.231. The van der Waals surface area contributed by atoms with Crippen molar-refractivity contribution in [2.45, 2.75) is 46.7 Å². The molecule has 1 aromatic heterocycles. The zero-order valence-electron chi connectivity index (χ0n) is 19.8. The molecule has 0 fully saturated rings. The maximum atomic E-state index is 12.8. The zero-order valence-corrected chi connectivity index (χ0v) is 19.8. The number of para-hydroxylation sites is 2. The Morgan fingerprint density at radius 3 is 2.64 bits per heavy atom. The Kier molecular flexibility index (Phi) is 6.78. The highest BCUT2D eigenvalue weighted by Crippen LogP contribution is 2.23. The first-order chi connectivity index (χ1) is 15.9. The molecule has 1 heterocycles. The van der Waals surface area contributed by atoms with E-state index in [4.69, 9.17) is 9.72 Å². The smallest absolute Gasteiger partial charge is 0.251 e. The largest absolute Gasteiger partial charge is 0.493 e. The molecular weight excluding hydrogens is 410 g/mol. The predicted octanol–water partition coefficient (Wildman–Crippen LogP) is 5.92. The number of aromatic nitrogens is 2. The molecule has 0 saturated heterocycles. The number of ether oxygens (including phenoxy) is 1. The van der Waals surface area contributed by atoms with Crippen molar-refractivity contribution in [1.82, 2.24) is 14.9 Å². The van der Waals surface area contributed by atoms with Crippen molar-refractivity contribution in [3.05, 3.63) is 94.8 Å². The van der Waals surface area contributed by atoms with E-state index < -0.39 is 0 Å². The second-order valence-corrected chi connectivity index (χ2v) is 8.58. The highest BCUT2D eigenvalue weighted by Gasteiger charge is 2.19. The molecule has 1 atom stereocenters. The number of carbonyl (C=O) groups is 1. The lowest BCUT2D eigenvalue weighted by Crippen LogP contribution is -2.29. The number of fused-ring (bicyclic) bond motifs is 1. The van der Waals surface area contributed by atoms with E-state index in [1.165, 1.54) is 11.1 Å². The lowest BCUT2D eigenvalue weighted by molar-refractivity contribution is 0.0937. The number of amides is 1. The van der Waals surface area contributed by atoms with Crippen LogP contribution in [0.4, 0.5) is 0 Å². The number of hydrogen-bond acceptors (Lipinski definition) is 3. The van der Waals surface area contributed by atoms with Gasteiger partial charge in [-0.3, -0.25) is 4.79 Å². The average Bonchev–Trinajstić information content (AvgIpc) is 3.18. The van der Waals surface area contributed by atoms with Gasteiger partial charge in [0.15, 0.2) is 0 Å². The Hall–Kier alpha value is -3.60. The lowest BCUT2D eigenvalue weighted by Gasteiger charge is -2.17. The zero-order chi connectivity index (χ0) is 23.4. The molecule has 0 spiro atoms. The topological polar surface area (TPSA) is 56.2 Å². The molecule has 0 bridgehead atoms. The van der Waals surface area contributed by atoms with E-state index in [1.807, 2.05) is 68.4 Å². The molecule has 0 aliphatic carbocycles. The van der Waals surface area contributed by atoms with E-state index in [1.54, 1.807) is 0 Å². The highest BCUT2D eigenvalue weighted by molar-refractivity contribution is 5.94. The second-order valence-electron chi connectivity index (χ2n) is 8.58. The summed E-state index contributed by atoms with van der Waals surface area (Å²) in [6.07, 6.45) is 0.833. The van der Waals surface area contributed by atoms with Crippen molar-refractivity contribution in [3.63, 3.8) is 0 Å². The van der Waals surface area contributed by atoms with E-state index in [0.29, 0.717) is 12.2 Å². The van der Waals surface area contributed by atoms with Crippen LogP contribution in [0.1, 0.15) is 52.3 Å². The summed E-state index contributed by atoms with van der Waals surface area (Å²) >= 11 is 0. The van der Waals surface area contributed by atoms with E-state index in [-0.39, 0.29) is 11.9 Å². The number of hydrogen-bond donors (Lipinski definition) is 1. The van der Waals surface area contributed by atoms with Gasteiger partial charge in [-0.2, -0.15) is 0 Å². The maximum Gasteiger partial charge on any atom is 0.251 e. The van der Waals surface area contributed by atoms with Crippen molar-refractivity contribution in [2.75, 3.05) is 6.61 Å². The molecule has 0 aliphatic rings. The SMILES string of the molecule is Cc1cccc(C(=O)NC(C)c2nc3ccccc3n2CCCOc2cccc(C)c2C)c1. The van der Waals surface area contributed by atoms with Crippen LogP contribution in [0.3, 0.4) is 0 Å². The Bertz CT molecular complexity index is 1280. The third-order valence-corrected chi connectivity index (χ3v) is 6.04. The molecule has 33 heavy (non-hydrogen) atoms. The normalized spacial score (nSPS) is 12.0. The average molecular weight is 442 g/mol. The molecule has 3 aromatic carbocycles. The fraction of sp³-hybridized carbons (Fsp3) is 0.286. The first kappa shape index (κ1) is 22.6. The molecule has 4 aromatic rings. The minimum Gasteiger partial charge on any atom is -0.493 e. The van der Waals surface area contributed by atoms with Gasteiger partial charge in [0.05, 0.1) is 23.7 Å².